The summed E-state index contributed by atoms with van der Waals surface area (Å²) < 4.78 is 0. The average Bonchev–Trinajstić information content (AvgIpc) is 2.69. The Morgan fingerprint density at radius 2 is 1.63 bits per heavy atom. The summed E-state index contributed by atoms with van der Waals surface area (Å²) in [6.45, 7) is 0.420. The van der Waals surface area contributed by atoms with Crippen molar-refractivity contribution >= 4 is 28.9 Å². The van der Waals surface area contributed by atoms with Gasteiger partial charge in [-0.25, -0.2) is 0 Å². The van der Waals surface area contributed by atoms with Gasteiger partial charge in [-0.15, -0.1) is 0 Å². The van der Waals surface area contributed by atoms with Gasteiger partial charge >= 0.3 is 0 Å². The molecule has 0 bridgehead atoms. The third-order valence-corrected chi connectivity index (χ3v) is 4.22. The number of amides is 1. The second-order valence-electron chi connectivity index (χ2n) is 5.77. The Morgan fingerprint density at radius 1 is 1.00 bits per heavy atom. The summed E-state index contributed by atoms with van der Waals surface area (Å²) in [5.41, 5.74) is 4.41. The van der Waals surface area contributed by atoms with Crippen molar-refractivity contribution < 1.29 is 9.72 Å². The number of non-ortho nitro benzene ring substituents is 1. The first-order chi connectivity index (χ1) is 13.0. The van der Waals surface area contributed by atoms with Gasteiger partial charge in [-0.05, 0) is 23.8 Å². The lowest BCUT2D eigenvalue weighted by molar-refractivity contribution is -0.384. The monoisotopic (exact) mass is 381 g/mol. The Balaban J connectivity index is 1.89. The molecule has 1 N–H and O–H groups in total. The second-order valence-corrected chi connectivity index (χ2v) is 6.18. The van der Waals surface area contributed by atoms with E-state index in [0.29, 0.717) is 6.54 Å². The van der Waals surface area contributed by atoms with E-state index in [-0.39, 0.29) is 16.3 Å². The van der Waals surface area contributed by atoms with Gasteiger partial charge in [0.15, 0.2) is 0 Å². The van der Waals surface area contributed by atoms with Gasteiger partial charge < -0.3 is 0 Å². The van der Waals surface area contributed by atoms with E-state index in [4.69, 9.17) is 11.6 Å². The molecule has 7 heteroatoms. The molecule has 3 rings (SSSR count). The van der Waals surface area contributed by atoms with Crippen LogP contribution in [0.2, 0.25) is 5.02 Å². The molecule has 0 aliphatic heterocycles. The van der Waals surface area contributed by atoms with Gasteiger partial charge in [-0.2, -0.15) is 0 Å². The molecule has 0 spiro atoms. The maximum atomic E-state index is 12.8. The highest BCUT2D eigenvalue weighted by Crippen LogP contribution is 2.23. The molecule has 0 saturated heterocycles. The molecule has 0 saturated carbocycles. The number of anilines is 1. The minimum absolute atomic E-state index is 0.0415. The minimum atomic E-state index is -0.563. The smallest absolute Gasteiger partial charge is 0.271 e. The predicted molar refractivity (Wildman–Crippen MR) is 105 cm³/mol. The van der Waals surface area contributed by atoms with Crippen LogP contribution in [-0.2, 0) is 6.54 Å². The summed E-state index contributed by atoms with van der Waals surface area (Å²) in [6.07, 6.45) is 0. The van der Waals surface area contributed by atoms with Gasteiger partial charge in [-0.1, -0.05) is 60.1 Å². The van der Waals surface area contributed by atoms with Crippen molar-refractivity contribution in [3.8, 4) is 0 Å². The zero-order valence-electron chi connectivity index (χ0n) is 14.2. The SMILES string of the molecule is O=C(NN(Cc1ccccc1)c1ccccc1)c1cc([N+](=O)[O-])ccc1Cl. The van der Waals surface area contributed by atoms with Crippen molar-refractivity contribution in [3.05, 3.63) is 105 Å². The third-order valence-electron chi connectivity index (χ3n) is 3.89. The van der Waals surface area contributed by atoms with Gasteiger partial charge in [0.2, 0.25) is 0 Å². The maximum absolute atomic E-state index is 12.8. The fraction of sp³-hybridized carbons (Fsp3) is 0.0500. The quantitative estimate of drug-likeness (QED) is 0.500. The number of hydrazine groups is 1. The highest BCUT2D eigenvalue weighted by molar-refractivity contribution is 6.34. The molecule has 0 heterocycles. The lowest BCUT2D eigenvalue weighted by atomic mass is 10.2. The Labute approximate surface area is 161 Å². The standard InChI is InChI=1S/C20H16ClN3O3/c21-19-12-11-17(24(26)27)13-18(19)20(25)22-23(16-9-5-2-6-10-16)14-15-7-3-1-4-8-15/h1-13H,14H2,(H,22,25). The van der Waals surface area contributed by atoms with Crippen molar-refractivity contribution in [2.45, 2.75) is 6.54 Å². The summed E-state index contributed by atoms with van der Waals surface area (Å²) in [4.78, 5) is 23.2. The fourth-order valence-corrected chi connectivity index (χ4v) is 2.76. The van der Waals surface area contributed by atoms with E-state index in [9.17, 15) is 14.9 Å². The van der Waals surface area contributed by atoms with Gasteiger partial charge in [0.1, 0.15) is 0 Å². The van der Waals surface area contributed by atoms with Crippen molar-refractivity contribution in [2.75, 3.05) is 5.01 Å². The van der Waals surface area contributed by atoms with E-state index in [1.165, 1.54) is 18.2 Å². The summed E-state index contributed by atoms with van der Waals surface area (Å²) in [7, 11) is 0. The van der Waals surface area contributed by atoms with Crippen LogP contribution in [0.25, 0.3) is 0 Å². The van der Waals surface area contributed by atoms with Crippen LogP contribution in [0.1, 0.15) is 15.9 Å². The predicted octanol–water partition coefficient (Wildman–Crippen LogP) is 4.60. The number of nitro benzene ring substituents is 1. The normalized spacial score (nSPS) is 10.3. The molecule has 0 atom stereocenters. The number of hydrogen-bond acceptors (Lipinski definition) is 4. The number of carbonyl (C=O) groups is 1. The van der Waals surface area contributed by atoms with Crippen LogP contribution in [0, 0.1) is 10.1 Å². The Morgan fingerprint density at radius 3 is 2.26 bits per heavy atom. The molecule has 0 aliphatic rings. The molecule has 0 fully saturated rings. The molecule has 0 aliphatic carbocycles. The molecule has 1 amide bonds. The number of para-hydroxylation sites is 1. The fourth-order valence-electron chi connectivity index (χ4n) is 2.55. The zero-order chi connectivity index (χ0) is 19.2. The highest BCUT2D eigenvalue weighted by atomic mass is 35.5. The van der Waals surface area contributed by atoms with Crippen LogP contribution in [0.15, 0.2) is 78.9 Å². The molecule has 136 valence electrons. The van der Waals surface area contributed by atoms with E-state index in [1.54, 1.807) is 5.01 Å². The van der Waals surface area contributed by atoms with Gasteiger partial charge in [-0.3, -0.25) is 25.3 Å². The molecule has 0 aromatic heterocycles. The van der Waals surface area contributed by atoms with E-state index in [2.05, 4.69) is 5.43 Å². The Hall–Kier alpha value is -3.38. The number of rotatable bonds is 6. The molecule has 3 aromatic rings. The number of halogens is 1. The third kappa shape index (κ3) is 4.62. The maximum Gasteiger partial charge on any atom is 0.271 e. The summed E-state index contributed by atoms with van der Waals surface area (Å²) in [5.74, 6) is -0.525. The molecule has 0 radical (unpaired) electrons. The van der Waals surface area contributed by atoms with Crippen LogP contribution in [0.4, 0.5) is 11.4 Å². The van der Waals surface area contributed by atoms with Crippen LogP contribution in [0.3, 0.4) is 0 Å². The van der Waals surface area contributed by atoms with Crippen molar-refractivity contribution in [1.29, 1.82) is 0 Å². The number of nitrogens with zero attached hydrogens (tertiary/aromatic N) is 2. The molecule has 0 unspecified atom stereocenters. The van der Waals surface area contributed by atoms with Crippen molar-refractivity contribution in [1.82, 2.24) is 5.43 Å². The van der Waals surface area contributed by atoms with E-state index in [1.807, 2.05) is 60.7 Å². The molecular weight excluding hydrogens is 366 g/mol. The van der Waals surface area contributed by atoms with Gasteiger partial charge in [0, 0.05) is 12.1 Å². The molecular formula is C20H16ClN3O3. The topological polar surface area (TPSA) is 75.5 Å². The first-order valence-corrected chi connectivity index (χ1v) is 8.54. The highest BCUT2D eigenvalue weighted by Gasteiger charge is 2.18. The molecule has 6 nitrogen and oxygen atoms in total. The van der Waals surface area contributed by atoms with Crippen LogP contribution < -0.4 is 10.4 Å². The largest absolute Gasteiger partial charge is 0.281 e. The van der Waals surface area contributed by atoms with E-state index >= 15 is 0 Å². The number of nitro groups is 1. The number of nitrogens with one attached hydrogen (secondary N) is 1. The lowest BCUT2D eigenvalue weighted by Gasteiger charge is -2.25. The lowest BCUT2D eigenvalue weighted by Crippen LogP contribution is -2.42. The first-order valence-electron chi connectivity index (χ1n) is 8.16. The number of carbonyl (C=O) groups excluding carboxylic acids is 1. The van der Waals surface area contributed by atoms with Crippen molar-refractivity contribution in [3.63, 3.8) is 0 Å². The number of hydrogen-bond donors (Lipinski definition) is 1. The van der Waals surface area contributed by atoms with Crippen LogP contribution >= 0.6 is 11.6 Å². The zero-order valence-corrected chi connectivity index (χ0v) is 15.0. The Bertz CT molecular complexity index is 949. The van der Waals surface area contributed by atoms with E-state index < -0.39 is 10.8 Å². The van der Waals surface area contributed by atoms with Crippen LogP contribution in [0.5, 0.6) is 0 Å². The summed E-state index contributed by atoms with van der Waals surface area (Å²) >= 11 is 6.08. The van der Waals surface area contributed by atoms with Crippen molar-refractivity contribution in [2.24, 2.45) is 0 Å². The number of benzene rings is 3. The minimum Gasteiger partial charge on any atom is -0.281 e. The Kier molecular flexibility index (Phi) is 5.68. The molecule has 3 aromatic carbocycles. The van der Waals surface area contributed by atoms with Crippen LogP contribution in [-0.4, -0.2) is 10.8 Å². The summed E-state index contributed by atoms with van der Waals surface area (Å²) in [5, 5.41) is 12.8. The van der Waals surface area contributed by atoms with Gasteiger partial charge in [0.05, 0.1) is 27.7 Å². The molecule has 27 heavy (non-hydrogen) atoms. The van der Waals surface area contributed by atoms with Gasteiger partial charge in [0.25, 0.3) is 11.6 Å². The average molecular weight is 382 g/mol. The van der Waals surface area contributed by atoms with E-state index in [0.717, 1.165) is 11.3 Å². The summed E-state index contributed by atoms with van der Waals surface area (Å²) in [6, 6.07) is 22.7. The second kappa shape index (κ2) is 8.33. The first kappa shape index (κ1) is 18.4.